The molecule has 0 aromatic carbocycles. The highest BCUT2D eigenvalue weighted by molar-refractivity contribution is 5.86. The molecule has 18 heavy (non-hydrogen) atoms. The minimum atomic E-state index is -0.679. The molecule has 4 heteroatoms. The number of amides is 1. The van der Waals surface area contributed by atoms with Crippen molar-refractivity contribution in [3.63, 3.8) is 0 Å². The summed E-state index contributed by atoms with van der Waals surface area (Å²) in [5.41, 5.74) is 6.38. The van der Waals surface area contributed by atoms with E-state index in [2.05, 4.69) is 10.3 Å². The summed E-state index contributed by atoms with van der Waals surface area (Å²) in [5, 5.41) is 2.98. The number of carbonyl (C=O) groups is 1. The summed E-state index contributed by atoms with van der Waals surface area (Å²) < 4.78 is 0. The van der Waals surface area contributed by atoms with Crippen LogP contribution in [0.5, 0.6) is 0 Å². The molecular formula is C14H21N3O. The van der Waals surface area contributed by atoms with Crippen LogP contribution >= 0.6 is 0 Å². The van der Waals surface area contributed by atoms with Gasteiger partial charge in [0, 0.05) is 6.20 Å². The van der Waals surface area contributed by atoms with E-state index in [1.807, 2.05) is 25.1 Å². The maximum absolute atomic E-state index is 12.2. The molecule has 1 heterocycles. The molecule has 1 aliphatic carbocycles. The van der Waals surface area contributed by atoms with Gasteiger partial charge in [-0.3, -0.25) is 9.78 Å². The van der Waals surface area contributed by atoms with Gasteiger partial charge < -0.3 is 11.1 Å². The number of nitrogens with two attached hydrogens (primary N) is 1. The number of hydrogen-bond donors (Lipinski definition) is 2. The first-order valence-corrected chi connectivity index (χ1v) is 6.63. The number of rotatable bonds is 3. The summed E-state index contributed by atoms with van der Waals surface area (Å²) >= 11 is 0. The van der Waals surface area contributed by atoms with E-state index in [4.69, 9.17) is 5.73 Å². The lowest BCUT2D eigenvalue weighted by Gasteiger charge is -2.32. The molecule has 0 spiro atoms. The maximum Gasteiger partial charge on any atom is 0.240 e. The minimum Gasteiger partial charge on any atom is -0.346 e. The highest BCUT2D eigenvalue weighted by Gasteiger charge is 2.35. The second-order valence-corrected chi connectivity index (χ2v) is 5.17. The zero-order valence-electron chi connectivity index (χ0n) is 10.9. The number of hydrogen-bond acceptors (Lipinski definition) is 3. The van der Waals surface area contributed by atoms with Crippen LogP contribution in [0.2, 0.25) is 0 Å². The van der Waals surface area contributed by atoms with Crippen molar-refractivity contribution in [2.75, 3.05) is 0 Å². The van der Waals surface area contributed by atoms with Crippen LogP contribution < -0.4 is 11.1 Å². The van der Waals surface area contributed by atoms with Gasteiger partial charge in [0.1, 0.15) is 0 Å². The summed E-state index contributed by atoms with van der Waals surface area (Å²) in [4.78, 5) is 16.5. The molecule has 1 aromatic rings. The van der Waals surface area contributed by atoms with Crippen LogP contribution in [0.25, 0.3) is 0 Å². The molecule has 0 aliphatic heterocycles. The van der Waals surface area contributed by atoms with Gasteiger partial charge in [0.25, 0.3) is 0 Å². The molecule has 1 amide bonds. The highest BCUT2D eigenvalue weighted by atomic mass is 16.2. The molecule has 98 valence electrons. The number of pyridine rings is 1. The standard InChI is InChI=1S/C14H21N3O/c1-11(12-7-3-6-10-16-12)17-13(18)14(15)8-4-2-5-9-14/h3,6-7,10-11H,2,4-5,8-9,15H2,1H3,(H,17,18). The number of nitrogens with one attached hydrogen (secondary N) is 1. The Labute approximate surface area is 108 Å². The lowest BCUT2D eigenvalue weighted by atomic mass is 9.81. The van der Waals surface area contributed by atoms with Gasteiger partial charge in [0.15, 0.2) is 0 Å². The first-order valence-electron chi connectivity index (χ1n) is 6.63. The minimum absolute atomic E-state index is 0.0413. The molecule has 1 saturated carbocycles. The van der Waals surface area contributed by atoms with Gasteiger partial charge in [-0.05, 0) is 31.9 Å². The summed E-state index contributed by atoms with van der Waals surface area (Å²) in [6.45, 7) is 1.94. The number of nitrogens with zero attached hydrogens (tertiary/aromatic N) is 1. The third-order valence-corrected chi connectivity index (χ3v) is 3.68. The first-order chi connectivity index (χ1) is 8.62. The fourth-order valence-corrected chi connectivity index (χ4v) is 2.46. The Morgan fingerprint density at radius 3 is 2.72 bits per heavy atom. The summed E-state index contributed by atoms with van der Waals surface area (Å²) in [6, 6.07) is 5.60. The van der Waals surface area contributed by atoms with E-state index in [0.717, 1.165) is 31.4 Å². The molecule has 2 rings (SSSR count). The topological polar surface area (TPSA) is 68.0 Å². The van der Waals surface area contributed by atoms with Crippen molar-refractivity contribution in [1.82, 2.24) is 10.3 Å². The van der Waals surface area contributed by atoms with Crippen LogP contribution in [0.1, 0.15) is 50.8 Å². The van der Waals surface area contributed by atoms with Gasteiger partial charge in [-0.25, -0.2) is 0 Å². The average Bonchev–Trinajstić information content (AvgIpc) is 2.40. The van der Waals surface area contributed by atoms with Crippen LogP contribution in [-0.2, 0) is 4.79 Å². The van der Waals surface area contributed by atoms with Gasteiger partial charge in [0.05, 0.1) is 17.3 Å². The number of carbonyl (C=O) groups excluding carboxylic acids is 1. The lowest BCUT2D eigenvalue weighted by Crippen LogP contribution is -2.55. The second kappa shape index (κ2) is 5.48. The zero-order valence-corrected chi connectivity index (χ0v) is 10.9. The Morgan fingerprint density at radius 1 is 1.39 bits per heavy atom. The summed E-state index contributed by atoms with van der Waals surface area (Å²) in [7, 11) is 0. The van der Waals surface area contributed by atoms with Crippen molar-refractivity contribution >= 4 is 5.91 Å². The van der Waals surface area contributed by atoms with E-state index in [9.17, 15) is 4.79 Å². The predicted octanol–water partition coefficient (Wildman–Crippen LogP) is 1.92. The monoisotopic (exact) mass is 247 g/mol. The largest absolute Gasteiger partial charge is 0.346 e. The SMILES string of the molecule is CC(NC(=O)C1(N)CCCCC1)c1ccccn1. The Kier molecular flexibility index (Phi) is 3.97. The molecule has 0 saturated heterocycles. The van der Waals surface area contributed by atoms with Crippen LogP contribution in [0.4, 0.5) is 0 Å². The molecule has 0 bridgehead atoms. The molecule has 1 unspecified atom stereocenters. The molecule has 1 aliphatic rings. The summed E-state index contributed by atoms with van der Waals surface area (Å²) in [6.07, 6.45) is 6.57. The third-order valence-electron chi connectivity index (χ3n) is 3.68. The van der Waals surface area contributed by atoms with Gasteiger partial charge in [0.2, 0.25) is 5.91 Å². The molecule has 4 nitrogen and oxygen atoms in total. The Hall–Kier alpha value is -1.42. The average molecular weight is 247 g/mol. The van der Waals surface area contributed by atoms with Crippen molar-refractivity contribution in [3.05, 3.63) is 30.1 Å². The van der Waals surface area contributed by atoms with E-state index in [1.54, 1.807) is 6.20 Å². The van der Waals surface area contributed by atoms with Gasteiger partial charge in [-0.2, -0.15) is 0 Å². The van der Waals surface area contributed by atoms with Gasteiger partial charge in [-0.1, -0.05) is 25.3 Å². The van der Waals surface area contributed by atoms with Crippen molar-refractivity contribution in [2.45, 2.75) is 50.6 Å². The van der Waals surface area contributed by atoms with Crippen molar-refractivity contribution in [3.8, 4) is 0 Å². The van der Waals surface area contributed by atoms with E-state index >= 15 is 0 Å². The Morgan fingerprint density at radius 2 is 2.11 bits per heavy atom. The van der Waals surface area contributed by atoms with Gasteiger partial charge >= 0.3 is 0 Å². The van der Waals surface area contributed by atoms with Crippen molar-refractivity contribution in [2.24, 2.45) is 5.73 Å². The van der Waals surface area contributed by atoms with E-state index in [-0.39, 0.29) is 11.9 Å². The smallest absolute Gasteiger partial charge is 0.240 e. The molecule has 1 fully saturated rings. The fourth-order valence-electron chi connectivity index (χ4n) is 2.46. The number of aromatic nitrogens is 1. The summed E-state index contributed by atoms with van der Waals surface area (Å²) in [5.74, 6) is -0.0413. The Bertz CT molecular complexity index is 399. The van der Waals surface area contributed by atoms with E-state index in [0.29, 0.717) is 0 Å². The first kappa shape index (κ1) is 13.0. The van der Waals surface area contributed by atoms with E-state index < -0.39 is 5.54 Å². The quantitative estimate of drug-likeness (QED) is 0.857. The Balaban J connectivity index is 1.98. The predicted molar refractivity (Wildman–Crippen MR) is 70.8 cm³/mol. The normalized spacial score (nSPS) is 20.1. The van der Waals surface area contributed by atoms with Crippen LogP contribution in [0.15, 0.2) is 24.4 Å². The maximum atomic E-state index is 12.2. The molecular weight excluding hydrogens is 226 g/mol. The molecule has 0 radical (unpaired) electrons. The molecule has 1 atom stereocenters. The van der Waals surface area contributed by atoms with Crippen LogP contribution in [0, 0.1) is 0 Å². The fraction of sp³-hybridized carbons (Fsp3) is 0.571. The zero-order chi connectivity index (χ0) is 13.0. The van der Waals surface area contributed by atoms with Crippen LogP contribution in [0.3, 0.4) is 0 Å². The van der Waals surface area contributed by atoms with Crippen molar-refractivity contribution in [1.29, 1.82) is 0 Å². The molecule has 3 N–H and O–H groups in total. The highest BCUT2D eigenvalue weighted by Crippen LogP contribution is 2.26. The lowest BCUT2D eigenvalue weighted by molar-refractivity contribution is -0.128. The van der Waals surface area contributed by atoms with Gasteiger partial charge in [-0.15, -0.1) is 0 Å². The van der Waals surface area contributed by atoms with E-state index in [1.165, 1.54) is 6.42 Å². The second-order valence-electron chi connectivity index (χ2n) is 5.17. The molecule has 1 aromatic heterocycles. The van der Waals surface area contributed by atoms with Crippen LogP contribution in [-0.4, -0.2) is 16.4 Å². The van der Waals surface area contributed by atoms with Crippen molar-refractivity contribution < 1.29 is 4.79 Å². The third kappa shape index (κ3) is 2.88.